The Morgan fingerprint density at radius 1 is 1.37 bits per heavy atom. The van der Waals surface area contributed by atoms with Gasteiger partial charge in [0.1, 0.15) is 0 Å². The summed E-state index contributed by atoms with van der Waals surface area (Å²) in [7, 11) is -0.277. The van der Waals surface area contributed by atoms with Crippen molar-refractivity contribution in [2.45, 2.75) is 24.8 Å². The molecule has 0 heterocycles. The van der Waals surface area contributed by atoms with E-state index in [4.69, 9.17) is 10.5 Å². The van der Waals surface area contributed by atoms with Gasteiger partial charge in [-0.15, -0.1) is 0 Å². The van der Waals surface area contributed by atoms with E-state index >= 15 is 0 Å². The molecule has 0 aliphatic rings. The van der Waals surface area contributed by atoms with E-state index in [2.05, 4.69) is 0 Å². The van der Waals surface area contributed by atoms with Crippen LogP contribution in [0.3, 0.4) is 0 Å². The topological polar surface area (TPSA) is 72.6 Å². The van der Waals surface area contributed by atoms with Gasteiger partial charge in [0.15, 0.2) is 0 Å². The minimum atomic E-state index is -3.46. The highest BCUT2D eigenvalue weighted by Crippen LogP contribution is 2.20. The van der Waals surface area contributed by atoms with E-state index in [9.17, 15) is 8.42 Å². The van der Waals surface area contributed by atoms with Crippen molar-refractivity contribution in [3.05, 3.63) is 29.3 Å². The molecule has 0 saturated carbocycles. The highest BCUT2D eigenvalue weighted by molar-refractivity contribution is 7.89. The predicted molar refractivity (Wildman–Crippen MR) is 75.4 cm³/mol. The molecule has 1 aromatic rings. The summed E-state index contributed by atoms with van der Waals surface area (Å²) in [6.07, 6.45) is 0.669. The number of rotatable bonds is 7. The molecular formula is C13H22N2O3S. The van der Waals surface area contributed by atoms with E-state index in [0.29, 0.717) is 31.0 Å². The second-order valence-corrected chi connectivity index (χ2v) is 6.49. The lowest BCUT2D eigenvalue weighted by atomic mass is 10.1. The number of ether oxygens (including phenoxy) is 1. The summed E-state index contributed by atoms with van der Waals surface area (Å²) in [5, 5.41) is 0. The standard InChI is InChI=1S/C13H22N2O3S/c1-11-5-6-12(10-14)9-13(11)19(16,17)15(2)7-4-8-18-3/h5-6,9H,4,7-8,10,14H2,1-3H3. The van der Waals surface area contributed by atoms with Gasteiger partial charge in [-0.05, 0) is 30.5 Å². The first-order valence-electron chi connectivity index (χ1n) is 6.18. The number of methoxy groups -OCH3 is 1. The molecule has 1 rings (SSSR count). The smallest absolute Gasteiger partial charge is 0.243 e. The fourth-order valence-electron chi connectivity index (χ4n) is 1.77. The fraction of sp³-hybridized carbons (Fsp3) is 0.538. The Morgan fingerprint density at radius 3 is 2.63 bits per heavy atom. The molecule has 5 nitrogen and oxygen atoms in total. The maximum atomic E-state index is 12.5. The van der Waals surface area contributed by atoms with Crippen LogP contribution in [-0.4, -0.2) is 40.0 Å². The molecule has 0 amide bonds. The minimum Gasteiger partial charge on any atom is -0.385 e. The molecule has 0 aromatic heterocycles. The average molecular weight is 286 g/mol. The second kappa shape index (κ2) is 7.00. The Bertz CT molecular complexity index is 515. The number of hydrogen-bond donors (Lipinski definition) is 1. The van der Waals surface area contributed by atoms with Crippen LogP contribution >= 0.6 is 0 Å². The zero-order valence-corrected chi connectivity index (χ0v) is 12.5. The van der Waals surface area contributed by atoms with E-state index < -0.39 is 10.0 Å². The van der Waals surface area contributed by atoms with Gasteiger partial charge >= 0.3 is 0 Å². The van der Waals surface area contributed by atoms with Gasteiger partial charge in [0, 0.05) is 33.9 Å². The van der Waals surface area contributed by atoms with Crippen LogP contribution < -0.4 is 5.73 Å². The lowest BCUT2D eigenvalue weighted by molar-refractivity contribution is 0.189. The zero-order valence-electron chi connectivity index (χ0n) is 11.7. The molecule has 0 aliphatic carbocycles. The number of sulfonamides is 1. The first-order valence-corrected chi connectivity index (χ1v) is 7.62. The summed E-state index contributed by atoms with van der Waals surface area (Å²) in [6, 6.07) is 5.29. The molecule has 6 heteroatoms. The zero-order chi connectivity index (χ0) is 14.5. The molecule has 19 heavy (non-hydrogen) atoms. The molecular weight excluding hydrogens is 264 g/mol. The number of aryl methyl sites for hydroxylation is 1. The Labute approximate surface area is 115 Å². The molecule has 0 unspecified atom stereocenters. The third-order valence-corrected chi connectivity index (χ3v) is 5.00. The Balaban J connectivity index is 2.99. The van der Waals surface area contributed by atoms with Crippen LogP contribution in [0.2, 0.25) is 0 Å². The highest BCUT2D eigenvalue weighted by atomic mass is 32.2. The van der Waals surface area contributed by atoms with Crippen molar-refractivity contribution in [3.63, 3.8) is 0 Å². The summed E-state index contributed by atoms with van der Waals surface area (Å²) in [6.45, 7) is 3.09. The summed E-state index contributed by atoms with van der Waals surface area (Å²) in [5.41, 5.74) is 7.11. The van der Waals surface area contributed by atoms with Crippen LogP contribution in [0, 0.1) is 6.92 Å². The normalized spacial score (nSPS) is 12.1. The summed E-state index contributed by atoms with van der Waals surface area (Å²) in [5.74, 6) is 0. The molecule has 0 radical (unpaired) electrons. The van der Waals surface area contributed by atoms with Crippen LogP contribution in [0.25, 0.3) is 0 Å². The minimum absolute atomic E-state index is 0.329. The van der Waals surface area contributed by atoms with Gasteiger partial charge in [-0.25, -0.2) is 12.7 Å². The van der Waals surface area contributed by atoms with Crippen molar-refractivity contribution >= 4 is 10.0 Å². The third kappa shape index (κ3) is 4.01. The first kappa shape index (κ1) is 16.1. The lowest BCUT2D eigenvalue weighted by Crippen LogP contribution is -2.29. The molecule has 1 aromatic carbocycles. The van der Waals surface area contributed by atoms with Gasteiger partial charge in [0.25, 0.3) is 0 Å². The molecule has 0 spiro atoms. The van der Waals surface area contributed by atoms with Crippen LogP contribution in [0.4, 0.5) is 0 Å². The van der Waals surface area contributed by atoms with Gasteiger partial charge in [-0.3, -0.25) is 0 Å². The summed E-state index contributed by atoms with van der Waals surface area (Å²) < 4.78 is 31.2. The number of nitrogens with two attached hydrogens (primary N) is 1. The van der Waals surface area contributed by atoms with Gasteiger partial charge in [-0.1, -0.05) is 12.1 Å². The maximum absolute atomic E-state index is 12.5. The van der Waals surface area contributed by atoms with Gasteiger partial charge in [0.05, 0.1) is 4.90 Å². The molecule has 0 saturated heterocycles. The first-order chi connectivity index (χ1) is 8.93. The van der Waals surface area contributed by atoms with E-state index in [1.807, 2.05) is 6.07 Å². The predicted octanol–water partition coefficient (Wildman–Crippen LogP) is 1.11. The van der Waals surface area contributed by atoms with Crippen molar-refractivity contribution < 1.29 is 13.2 Å². The quantitative estimate of drug-likeness (QED) is 0.762. The van der Waals surface area contributed by atoms with Gasteiger partial charge in [-0.2, -0.15) is 0 Å². The SMILES string of the molecule is COCCCN(C)S(=O)(=O)c1cc(CN)ccc1C. The van der Waals surface area contributed by atoms with Crippen LogP contribution in [0.5, 0.6) is 0 Å². The lowest BCUT2D eigenvalue weighted by Gasteiger charge is -2.19. The molecule has 0 aliphatic heterocycles. The monoisotopic (exact) mass is 286 g/mol. The fourth-order valence-corrected chi connectivity index (χ4v) is 3.25. The van der Waals surface area contributed by atoms with Crippen molar-refractivity contribution in [3.8, 4) is 0 Å². The van der Waals surface area contributed by atoms with Crippen molar-refractivity contribution in [1.82, 2.24) is 4.31 Å². The Hall–Kier alpha value is -0.950. The third-order valence-electron chi connectivity index (χ3n) is 3.00. The molecule has 2 N–H and O–H groups in total. The molecule has 108 valence electrons. The van der Waals surface area contributed by atoms with Gasteiger partial charge < -0.3 is 10.5 Å². The molecule has 0 atom stereocenters. The number of benzene rings is 1. The Morgan fingerprint density at radius 2 is 2.05 bits per heavy atom. The largest absolute Gasteiger partial charge is 0.385 e. The number of nitrogens with zero attached hydrogens (tertiary/aromatic N) is 1. The Kier molecular flexibility index (Phi) is 5.93. The molecule has 0 bridgehead atoms. The van der Waals surface area contributed by atoms with Crippen LogP contribution in [0.1, 0.15) is 17.5 Å². The van der Waals surface area contributed by atoms with Crippen LogP contribution in [-0.2, 0) is 21.3 Å². The highest BCUT2D eigenvalue weighted by Gasteiger charge is 2.22. The van der Waals surface area contributed by atoms with E-state index in [-0.39, 0.29) is 0 Å². The molecule has 0 fully saturated rings. The van der Waals surface area contributed by atoms with E-state index in [0.717, 1.165) is 11.1 Å². The van der Waals surface area contributed by atoms with Crippen molar-refractivity contribution in [2.24, 2.45) is 5.73 Å². The van der Waals surface area contributed by atoms with Gasteiger partial charge in [0.2, 0.25) is 10.0 Å². The van der Waals surface area contributed by atoms with Crippen molar-refractivity contribution in [1.29, 1.82) is 0 Å². The number of hydrogen-bond acceptors (Lipinski definition) is 4. The van der Waals surface area contributed by atoms with E-state index in [1.165, 1.54) is 4.31 Å². The second-order valence-electron chi connectivity index (χ2n) is 4.48. The van der Waals surface area contributed by atoms with Crippen LogP contribution in [0.15, 0.2) is 23.1 Å². The summed E-state index contributed by atoms with van der Waals surface area (Å²) in [4.78, 5) is 0.329. The average Bonchev–Trinajstić information content (AvgIpc) is 2.39. The van der Waals surface area contributed by atoms with E-state index in [1.54, 1.807) is 33.2 Å². The maximum Gasteiger partial charge on any atom is 0.243 e. The summed E-state index contributed by atoms with van der Waals surface area (Å²) >= 11 is 0. The van der Waals surface area contributed by atoms with Crippen molar-refractivity contribution in [2.75, 3.05) is 27.3 Å².